The van der Waals surface area contributed by atoms with Gasteiger partial charge >= 0.3 is 0 Å². The van der Waals surface area contributed by atoms with Gasteiger partial charge in [-0.15, -0.1) is 0 Å². The van der Waals surface area contributed by atoms with Crippen LogP contribution < -0.4 is 5.32 Å². The van der Waals surface area contributed by atoms with E-state index in [4.69, 9.17) is 0 Å². The summed E-state index contributed by atoms with van der Waals surface area (Å²) in [6.07, 6.45) is 0.711. The molecular formula is C15H20N2O. The van der Waals surface area contributed by atoms with Crippen molar-refractivity contribution in [2.75, 3.05) is 0 Å². The third-order valence-corrected chi connectivity index (χ3v) is 3.04. The average molecular weight is 244 g/mol. The number of aromatic nitrogens is 1. The summed E-state index contributed by atoms with van der Waals surface area (Å²) in [7, 11) is 0. The van der Waals surface area contributed by atoms with Crippen molar-refractivity contribution in [3.63, 3.8) is 0 Å². The van der Waals surface area contributed by atoms with Crippen molar-refractivity contribution in [3.8, 4) is 0 Å². The Labute approximate surface area is 108 Å². The van der Waals surface area contributed by atoms with Crippen molar-refractivity contribution in [2.24, 2.45) is 0 Å². The zero-order chi connectivity index (χ0) is 13.1. The van der Waals surface area contributed by atoms with Gasteiger partial charge in [-0.1, -0.05) is 32.0 Å². The Bertz CT molecular complexity index is 509. The summed E-state index contributed by atoms with van der Waals surface area (Å²) < 4.78 is 0. The van der Waals surface area contributed by atoms with Gasteiger partial charge in [-0.2, -0.15) is 0 Å². The standard InChI is InChI=1S/C15H20N2O/c1-10(2)16-15(11(3)18)9-13-8-12-6-4-5-7-14(12)17-13/h4-8,10,15-17H,9H2,1-3H3. The summed E-state index contributed by atoms with van der Waals surface area (Å²) in [5, 5.41) is 4.50. The second-order valence-electron chi connectivity index (χ2n) is 5.07. The number of rotatable bonds is 5. The van der Waals surface area contributed by atoms with Crippen molar-refractivity contribution in [1.29, 1.82) is 0 Å². The first-order valence-electron chi connectivity index (χ1n) is 6.39. The molecule has 0 bridgehead atoms. The number of benzene rings is 1. The van der Waals surface area contributed by atoms with Crippen molar-refractivity contribution >= 4 is 16.7 Å². The molecule has 1 aromatic heterocycles. The van der Waals surface area contributed by atoms with Gasteiger partial charge in [-0.3, -0.25) is 4.79 Å². The van der Waals surface area contributed by atoms with Crippen LogP contribution in [0.1, 0.15) is 26.5 Å². The Morgan fingerprint density at radius 1 is 1.33 bits per heavy atom. The van der Waals surface area contributed by atoms with Crippen LogP contribution in [0.3, 0.4) is 0 Å². The fourth-order valence-corrected chi connectivity index (χ4v) is 2.19. The molecule has 2 aromatic rings. The van der Waals surface area contributed by atoms with E-state index in [1.807, 2.05) is 12.1 Å². The lowest BCUT2D eigenvalue weighted by molar-refractivity contribution is -0.119. The molecule has 1 unspecified atom stereocenters. The van der Waals surface area contributed by atoms with E-state index in [-0.39, 0.29) is 11.8 Å². The van der Waals surface area contributed by atoms with E-state index >= 15 is 0 Å². The van der Waals surface area contributed by atoms with Gasteiger partial charge in [0.2, 0.25) is 0 Å². The highest BCUT2D eigenvalue weighted by molar-refractivity contribution is 5.83. The molecule has 1 atom stereocenters. The van der Waals surface area contributed by atoms with E-state index in [0.717, 1.165) is 11.2 Å². The van der Waals surface area contributed by atoms with Gasteiger partial charge in [-0.05, 0) is 24.4 Å². The van der Waals surface area contributed by atoms with Crippen LogP contribution in [0.5, 0.6) is 0 Å². The molecule has 0 amide bonds. The fraction of sp³-hybridized carbons (Fsp3) is 0.400. The van der Waals surface area contributed by atoms with Crippen LogP contribution in [0.4, 0.5) is 0 Å². The highest BCUT2D eigenvalue weighted by atomic mass is 16.1. The Kier molecular flexibility index (Phi) is 3.82. The minimum atomic E-state index is -0.113. The molecule has 96 valence electrons. The number of fused-ring (bicyclic) bond motifs is 1. The number of ketones is 1. The molecule has 0 fully saturated rings. The number of Topliss-reactive ketones (excluding diaryl/α,β-unsaturated/α-hetero) is 1. The first kappa shape index (κ1) is 12.8. The van der Waals surface area contributed by atoms with Gasteiger partial charge in [0.05, 0.1) is 6.04 Å². The Morgan fingerprint density at radius 3 is 2.67 bits per heavy atom. The fourth-order valence-electron chi connectivity index (χ4n) is 2.19. The number of nitrogens with one attached hydrogen (secondary N) is 2. The maximum atomic E-state index is 11.6. The minimum absolute atomic E-state index is 0.113. The van der Waals surface area contributed by atoms with Crippen LogP contribution in [0.25, 0.3) is 10.9 Å². The number of hydrogen-bond acceptors (Lipinski definition) is 2. The van der Waals surface area contributed by atoms with Gasteiger partial charge < -0.3 is 10.3 Å². The van der Waals surface area contributed by atoms with Gasteiger partial charge in [0.25, 0.3) is 0 Å². The SMILES string of the molecule is CC(=O)C(Cc1cc2ccccc2[nH]1)NC(C)C. The molecule has 18 heavy (non-hydrogen) atoms. The third-order valence-electron chi connectivity index (χ3n) is 3.04. The van der Waals surface area contributed by atoms with Crippen LogP contribution in [0.15, 0.2) is 30.3 Å². The largest absolute Gasteiger partial charge is 0.358 e. The van der Waals surface area contributed by atoms with Crippen LogP contribution in [-0.4, -0.2) is 22.9 Å². The van der Waals surface area contributed by atoms with Crippen molar-refractivity contribution in [1.82, 2.24) is 10.3 Å². The highest BCUT2D eigenvalue weighted by Gasteiger charge is 2.16. The zero-order valence-electron chi connectivity index (χ0n) is 11.2. The molecule has 0 aliphatic heterocycles. The quantitative estimate of drug-likeness (QED) is 0.849. The summed E-state index contributed by atoms with van der Waals surface area (Å²) in [5.41, 5.74) is 2.23. The lowest BCUT2D eigenvalue weighted by Crippen LogP contribution is -2.41. The van der Waals surface area contributed by atoms with Crippen molar-refractivity contribution in [3.05, 3.63) is 36.0 Å². The predicted octanol–water partition coefficient (Wildman–Crippen LogP) is 2.67. The van der Waals surface area contributed by atoms with Gasteiger partial charge in [0.1, 0.15) is 5.78 Å². The zero-order valence-corrected chi connectivity index (χ0v) is 11.2. The first-order valence-corrected chi connectivity index (χ1v) is 6.39. The molecule has 0 radical (unpaired) electrons. The molecule has 0 aliphatic carbocycles. The first-order chi connectivity index (χ1) is 8.56. The Morgan fingerprint density at radius 2 is 2.06 bits per heavy atom. The Balaban J connectivity index is 2.17. The molecule has 3 nitrogen and oxygen atoms in total. The van der Waals surface area contributed by atoms with Crippen LogP contribution >= 0.6 is 0 Å². The highest BCUT2D eigenvalue weighted by Crippen LogP contribution is 2.16. The molecule has 0 saturated heterocycles. The number of para-hydroxylation sites is 1. The molecule has 1 aromatic carbocycles. The van der Waals surface area contributed by atoms with E-state index in [1.165, 1.54) is 5.39 Å². The lowest BCUT2D eigenvalue weighted by atomic mass is 10.1. The summed E-state index contributed by atoms with van der Waals surface area (Å²) >= 11 is 0. The van der Waals surface area contributed by atoms with Crippen LogP contribution in [0.2, 0.25) is 0 Å². The van der Waals surface area contributed by atoms with Crippen LogP contribution in [0, 0.1) is 0 Å². The Hall–Kier alpha value is -1.61. The second kappa shape index (κ2) is 5.36. The van der Waals surface area contributed by atoms with Gasteiger partial charge in [-0.25, -0.2) is 0 Å². The summed E-state index contributed by atoms with van der Waals surface area (Å²) in [6, 6.07) is 10.5. The van der Waals surface area contributed by atoms with E-state index in [0.29, 0.717) is 12.5 Å². The van der Waals surface area contributed by atoms with Gasteiger partial charge in [0.15, 0.2) is 0 Å². The number of hydrogen-bond donors (Lipinski definition) is 2. The number of H-pyrrole nitrogens is 1. The average Bonchev–Trinajstić information content (AvgIpc) is 2.69. The second-order valence-corrected chi connectivity index (χ2v) is 5.07. The predicted molar refractivity (Wildman–Crippen MR) is 74.7 cm³/mol. The van der Waals surface area contributed by atoms with E-state index in [2.05, 4.69) is 42.3 Å². The third kappa shape index (κ3) is 2.99. The van der Waals surface area contributed by atoms with E-state index in [1.54, 1.807) is 6.92 Å². The monoisotopic (exact) mass is 244 g/mol. The smallest absolute Gasteiger partial charge is 0.147 e. The normalized spacial score (nSPS) is 13.1. The maximum Gasteiger partial charge on any atom is 0.147 e. The summed E-state index contributed by atoms with van der Waals surface area (Å²) in [4.78, 5) is 15.0. The number of carbonyl (C=O) groups excluding carboxylic acids is 1. The maximum absolute atomic E-state index is 11.6. The molecule has 2 rings (SSSR count). The molecule has 3 heteroatoms. The topological polar surface area (TPSA) is 44.9 Å². The van der Waals surface area contributed by atoms with E-state index in [9.17, 15) is 4.79 Å². The minimum Gasteiger partial charge on any atom is -0.358 e. The molecule has 0 aliphatic rings. The number of aromatic amines is 1. The van der Waals surface area contributed by atoms with E-state index < -0.39 is 0 Å². The van der Waals surface area contributed by atoms with Crippen LogP contribution in [-0.2, 0) is 11.2 Å². The number of carbonyl (C=O) groups is 1. The molecule has 0 spiro atoms. The molecule has 0 saturated carbocycles. The molecule has 1 heterocycles. The summed E-state index contributed by atoms with van der Waals surface area (Å²) in [6.45, 7) is 5.75. The molecular weight excluding hydrogens is 224 g/mol. The van der Waals surface area contributed by atoms with Gasteiger partial charge in [0, 0.05) is 23.7 Å². The van der Waals surface area contributed by atoms with Crippen molar-refractivity contribution in [2.45, 2.75) is 39.3 Å². The summed E-state index contributed by atoms with van der Waals surface area (Å²) in [5.74, 6) is 0.183. The molecule has 2 N–H and O–H groups in total. The lowest BCUT2D eigenvalue weighted by Gasteiger charge is -2.17. The van der Waals surface area contributed by atoms with Crippen molar-refractivity contribution < 1.29 is 4.79 Å².